The van der Waals surface area contributed by atoms with Gasteiger partial charge in [0.1, 0.15) is 0 Å². The van der Waals surface area contributed by atoms with Crippen molar-refractivity contribution >= 4 is 11.9 Å². The van der Waals surface area contributed by atoms with Crippen LogP contribution < -0.4 is 5.32 Å². The van der Waals surface area contributed by atoms with Gasteiger partial charge in [0.05, 0.1) is 6.54 Å². The summed E-state index contributed by atoms with van der Waals surface area (Å²) in [6.45, 7) is 4.39. The van der Waals surface area contributed by atoms with Crippen LogP contribution in [-0.2, 0) is 14.3 Å². The SMILES string of the molecule is CCN(CC(=O)O)C1CC(NC(=O)[C@@H]2CC23CCOCC3)C1. The molecular weight excluding hydrogens is 284 g/mol. The summed E-state index contributed by atoms with van der Waals surface area (Å²) in [5, 5.41) is 12.1. The first-order chi connectivity index (χ1) is 10.5. The number of rotatable bonds is 6. The van der Waals surface area contributed by atoms with Gasteiger partial charge in [0.2, 0.25) is 5.91 Å². The number of hydrogen-bond donors (Lipinski definition) is 2. The summed E-state index contributed by atoms with van der Waals surface area (Å²) in [5.41, 5.74) is 0.226. The van der Waals surface area contributed by atoms with Gasteiger partial charge in [-0.05, 0) is 44.1 Å². The summed E-state index contributed by atoms with van der Waals surface area (Å²) in [5.74, 6) is -0.405. The molecule has 1 saturated heterocycles. The van der Waals surface area contributed by atoms with Gasteiger partial charge in [-0.3, -0.25) is 14.5 Å². The first kappa shape index (κ1) is 15.7. The van der Waals surface area contributed by atoms with Crippen molar-refractivity contribution in [3.8, 4) is 0 Å². The minimum Gasteiger partial charge on any atom is -0.480 e. The zero-order chi connectivity index (χ0) is 15.7. The van der Waals surface area contributed by atoms with E-state index in [9.17, 15) is 9.59 Å². The fraction of sp³-hybridized carbons (Fsp3) is 0.875. The zero-order valence-electron chi connectivity index (χ0n) is 13.2. The Kier molecular flexibility index (Phi) is 4.41. The summed E-state index contributed by atoms with van der Waals surface area (Å²) in [4.78, 5) is 25.1. The van der Waals surface area contributed by atoms with Crippen molar-refractivity contribution in [1.29, 1.82) is 0 Å². The number of nitrogens with one attached hydrogen (secondary N) is 1. The average molecular weight is 310 g/mol. The van der Waals surface area contributed by atoms with Gasteiger partial charge < -0.3 is 15.2 Å². The Morgan fingerprint density at radius 3 is 2.59 bits per heavy atom. The molecule has 3 rings (SSSR count). The van der Waals surface area contributed by atoms with Crippen LogP contribution in [-0.4, -0.2) is 60.3 Å². The topological polar surface area (TPSA) is 78.9 Å². The second-order valence-electron chi connectivity index (χ2n) is 7.02. The van der Waals surface area contributed by atoms with E-state index >= 15 is 0 Å². The number of ether oxygens (including phenoxy) is 1. The first-order valence-electron chi connectivity index (χ1n) is 8.38. The third kappa shape index (κ3) is 3.13. The van der Waals surface area contributed by atoms with Crippen LogP contribution in [0.4, 0.5) is 0 Å². The molecule has 1 atom stereocenters. The number of amides is 1. The lowest BCUT2D eigenvalue weighted by atomic mass is 9.85. The molecule has 1 amide bonds. The zero-order valence-corrected chi connectivity index (χ0v) is 13.2. The van der Waals surface area contributed by atoms with Gasteiger partial charge >= 0.3 is 5.97 Å². The summed E-state index contributed by atoms with van der Waals surface area (Å²) < 4.78 is 5.39. The lowest BCUT2D eigenvalue weighted by molar-refractivity contribution is -0.140. The molecule has 124 valence electrons. The predicted molar refractivity (Wildman–Crippen MR) is 80.4 cm³/mol. The van der Waals surface area contributed by atoms with E-state index < -0.39 is 5.97 Å². The van der Waals surface area contributed by atoms with Crippen LogP contribution in [0.1, 0.15) is 39.0 Å². The molecule has 6 nitrogen and oxygen atoms in total. The molecule has 0 unspecified atom stereocenters. The second kappa shape index (κ2) is 6.16. The molecule has 22 heavy (non-hydrogen) atoms. The van der Waals surface area contributed by atoms with Crippen LogP contribution >= 0.6 is 0 Å². The monoisotopic (exact) mass is 310 g/mol. The number of hydrogen-bond acceptors (Lipinski definition) is 4. The minimum absolute atomic E-state index is 0.0908. The van der Waals surface area contributed by atoms with Crippen LogP contribution in [0.25, 0.3) is 0 Å². The summed E-state index contributed by atoms with van der Waals surface area (Å²) in [6, 6.07) is 0.514. The van der Waals surface area contributed by atoms with Gasteiger partial charge in [0.15, 0.2) is 0 Å². The molecule has 1 heterocycles. The Hall–Kier alpha value is -1.14. The van der Waals surface area contributed by atoms with E-state index in [0.717, 1.165) is 51.9 Å². The molecule has 2 aliphatic carbocycles. The molecular formula is C16H26N2O4. The third-order valence-corrected chi connectivity index (χ3v) is 5.72. The maximum atomic E-state index is 12.3. The summed E-state index contributed by atoms with van der Waals surface area (Å²) in [7, 11) is 0. The molecule has 1 spiro atoms. The summed E-state index contributed by atoms with van der Waals surface area (Å²) in [6.07, 6.45) is 4.78. The largest absolute Gasteiger partial charge is 0.480 e. The minimum atomic E-state index is -0.784. The van der Waals surface area contributed by atoms with Crippen LogP contribution in [0.3, 0.4) is 0 Å². The Morgan fingerprint density at radius 2 is 2.00 bits per heavy atom. The van der Waals surface area contributed by atoms with E-state index in [0.29, 0.717) is 6.04 Å². The predicted octanol–water partition coefficient (Wildman–Crippen LogP) is 0.857. The van der Waals surface area contributed by atoms with E-state index in [4.69, 9.17) is 9.84 Å². The van der Waals surface area contributed by atoms with Crippen LogP contribution in [0, 0.1) is 11.3 Å². The molecule has 2 N–H and O–H groups in total. The van der Waals surface area contributed by atoms with E-state index in [2.05, 4.69) is 5.32 Å². The Balaban J connectivity index is 1.41. The number of carboxylic acids is 1. The highest BCUT2D eigenvalue weighted by atomic mass is 16.5. The van der Waals surface area contributed by atoms with E-state index in [1.54, 1.807) is 0 Å². The van der Waals surface area contributed by atoms with Crippen LogP contribution in [0.15, 0.2) is 0 Å². The first-order valence-corrected chi connectivity index (χ1v) is 8.38. The molecule has 0 aromatic carbocycles. The van der Waals surface area contributed by atoms with Crippen molar-refractivity contribution in [2.24, 2.45) is 11.3 Å². The molecule has 1 aliphatic heterocycles. The molecule has 0 bridgehead atoms. The second-order valence-corrected chi connectivity index (χ2v) is 7.02. The summed E-state index contributed by atoms with van der Waals surface area (Å²) >= 11 is 0. The normalized spacial score (nSPS) is 32.5. The maximum Gasteiger partial charge on any atom is 0.317 e. The highest BCUT2D eigenvalue weighted by Crippen LogP contribution is 2.59. The third-order valence-electron chi connectivity index (χ3n) is 5.72. The Morgan fingerprint density at radius 1 is 1.32 bits per heavy atom. The standard InChI is InChI=1S/C16H26N2O4/c1-2-18(10-14(19)20)12-7-11(8-12)17-15(21)13-9-16(13)3-5-22-6-4-16/h11-13H,2-10H2,1H3,(H,17,21)(H,19,20)/t11?,12?,13-/m0/s1. The fourth-order valence-electron chi connectivity index (χ4n) is 4.03. The van der Waals surface area contributed by atoms with E-state index in [-0.39, 0.29) is 29.8 Å². The molecule has 0 radical (unpaired) electrons. The van der Waals surface area contributed by atoms with Gasteiger partial charge in [-0.2, -0.15) is 0 Å². The van der Waals surface area contributed by atoms with E-state index in [1.807, 2.05) is 11.8 Å². The number of carboxylic acid groups (broad SMARTS) is 1. The van der Waals surface area contributed by atoms with Gasteiger partial charge in [0, 0.05) is 31.2 Å². The van der Waals surface area contributed by atoms with Crippen molar-refractivity contribution in [1.82, 2.24) is 10.2 Å². The average Bonchev–Trinajstić information content (AvgIpc) is 3.14. The van der Waals surface area contributed by atoms with Crippen molar-refractivity contribution in [3.05, 3.63) is 0 Å². The van der Waals surface area contributed by atoms with Gasteiger partial charge in [-0.15, -0.1) is 0 Å². The van der Waals surface area contributed by atoms with Gasteiger partial charge in [-0.25, -0.2) is 0 Å². The van der Waals surface area contributed by atoms with Crippen molar-refractivity contribution in [2.45, 2.75) is 51.1 Å². The molecule has 6 heteroatoms. The number of nitrogens with zero attached hydrogens (tertiary/aromatic N) is 1. The molecule has 0 aromatic heterocycles. The van der Waals surface area contributed by atoms with Crippen molar-refractivity contribution in [2.75, 3.05) is 26.3 Å². The number of aliphatic carboxylic acids is 1. The van der Waals surface area contributed by atoms with E-state index in [1.165, 1.54) is 0 Å². The quantitative estimate of drug-likeness (QED) is 0.760. The van der Waals surface area contributed by atoms with Gasteiger partial charge in [-0.1, -0.05) is 6.92 Å². The molecule has 2 saturated carbocycles. The number of carbonyl (C=O) groups excluding carboxylic acids is 1. The maximum absolute atomic E-state index is 12.3. The lowest BCUT2D eigenvalue weighted by Gasteiger charge is -2.42. The Bertz CT molecular complexity index is 441. The highest BCUT2D eigenvalue weighted by molar-refractivity contribution is 5.83. The smallest absolute Gasteiger partial charge is 0.317 e. The van der Waals surface area contributed by atoms with Crippen LogP contribution in [0.2, 0.25) is 0 Å². The Labute approximate surface area is 131 Å². The molecule has 3 fully saturated rings. The molecule has 0 aromatic rings. The van der Waals surface area contributed by atoms with Crippen molar-refractivity contribution in [3.63, 3.8) is 0 Å². The number of likely N-dealkylation sites (N-methyl/N-ethyl adjacent to an activating group) is 1. The lowest BCUT2D eigenvalue weighted by Crippen LogP contribution is -2.55. The van der Waals surface area contributed by atoms with Gasteiger partial charge in [0.25, 0.3) is 0 Å². The number of carbonyl (C=O) groups is 2. The van der Waals surface area contributed by atoms with Crippen LogP contribution in [0.5, 0.6) is 0 Å². The van der Waals surface area contributed by atoms with Crippen molar-refractivity contribution < 1.29 is 19.4 Å². The fourth-order valence-corrected chi connectivity index (χ4v) is 4.03. The highest BCUT2D eigenvalue weighted by Gasteiger charge is 2.58. The molecule has 3 aliphatic rings.